The van der Waals surface area contributed by atoms with E-state index in [0.717, 1.165) is 22.5 Å². The van der Waals surface area contributed by atoms with Gasteiger partial charge in [0.1, 0.15) is 11.7 Å². The number of hydrogen-bond acceptors (Lipinski definition) is 6. The molecule has 2 N–H and O–H groups in total. The van der Waals surface area contributed by atoms with Crippen LogP contribution in [0.15, 0.2) is 35.6 Å². The Balaban J connectivity index is 1.96. The van der Waals surface area contributed by atoms with E-state index in [1.807, 2.05) is 24.9 Å². The molecule has 0 saturated heterocycles. The Kier molecular flexibility index (Phi) is 4.82. The third-order valence-corrected chi connectivity index (χ3v) is 3.84. The van der Waals surface area contributed by atoms with Gasteiger partial charge in [-0.2, -0.15) is 0 Å². The van der Waals surface area contributed by atoms with Gasteiger partial charge in [-0.15, -0.1) is 10.6 Å². The van der Waals surface area contributed by atoms with Crippen LogP contribution in [0.5, 0.6) is 5.88 Å². The van der Waals surface area contributed by atoms with Crippen LogP contribution in [0.2, 0.25) is 5.02 Å². The van der Waals surface area contributed by atoms with E-state index in [0.29, 0.717) is 19.0 Å². The van der Waals surface area contributed by atoms with E-state index in [1.165, 1.54) is 6.07 Å². The lowest BCUT2D eigenvalue weighted by Gasteiger charge is -2.18. The molecule has 0 bridgehead atoms. The summed E-state index contributed by atoms with van der Waals surface area (Å²) in [6.07, 6.45) is 1.74. The van der Waals surface area contributed by atoms with Crippen LogP contribution in [0.1, 0.15) is 19.4 Å². The number of hydrazine groups is 2. The number of nitrogens with zero attached hydrogens (tertiary/aromatic N) is 3. The monoisotopic (exact) mass is 349 g/mol. The second kappa shape index (κ2) is 7.02. The van der Waals surface area contributed by atoms with Crippen LogP contribution in [-0.2, 0) is 6.54 Å². The molecule has 0 unspecified atom stereocenters. The summed E-state index contributed by atoms with van der Waals surface area (Å²) in [5.74, 6) is 0.846. The molecule has 6 nitrogen and oxygen atoms in total. The summed E-state index contributed by atoms with van der Waals surface area (Å²) < 4.78 is 19.0. The predicted molar refractivity (Wildman–Crippen MR) is 90.7 cm³/mol. The zero-order chi connectivity index (χ0) is 17.1. The average Bonchev–Trinajstić information content (AvgIpc) is 2.97. The molecule has 1 aromatic carbocycles. The van der Waals surface area contributed by atoms with Crippen LogP contribution in [0.3, 0.4) is 0 Å². The molecule has 1 aliphatic rings. The highest BCUT2D eigenvalue weighted by Crippen LogP contribution is 2.32. The van der Waals surface area contributed by atoms with Crippen molar-refractivity contribution in [3.05, 3.63) is 46.9 Å². The third kappa shape index (κ3) is 3.42. The molecule has 1 aliphatic heterocycles. The fourth-order valence-corrected chi connectivity index (χ4v) is 2.53. The number of hydrazone groups is 1. The molecule has 0 radical (unpaired) electrons. The van der Waals surface area contributed by atoms with Crippen LogP contribution >= 0.6 is 11.6 Å². The maximum absolute atomic E-state index is 13.4. The number of hydrogen-bond donors (Lipinski definition) is 2. The molecule has 1 aromatic heterocycles. The van der Waals surface area contributed by atoms with E-state index in [2.05, 4.69) is 21.2 Å². The first-order valence-corrected chi connectivity index (χ1v) is 7.86. The highest BCUT2D eigenvalue weighted by Gasteiger charge is 2.16. The molecule has 0 amide bonds. The molecule has 0 atom stereocenters. The van der Waals surface area contributed by atoms with Crippen molar-refractivity contribution in [3.8, 4) is 17.0 Å². The van der Waals surface area contributed by atoms with Gasteiger partial charge in [-0.05, 0) is 43.2 Å². The summed E-state index contributed by atoms with van der Waals surface area (Å²) in [5, 5.41) is 5.95. The van der Waals surface area contributed by atoms with Crippen molar-refractivity contribution in [1.29, 1.82) is 0 Å². The summed E-state index contributed by atoms with van der Waals surface area (Å²) in [5.41, 5.74) is 8.07. The van der Waals surface area contributed by atoms with E-state index < -0.39 is 5.82 Å². The van der Waals surface area contributed by atoms with Crippen molar-refractivity contribution in [2.24, 2.45) is 5.10 Å². The second-order valence-corrected chi connectivity index (χ2v) is 5.63. The molecule has 0 fully saturated rings. The quantitative estimate of drug-likeness (QED) is 0.868. The molecule has 126 valence electrons. The molecule has 2 heterocycles. The van der Waals surface area contributed by atoms with Crippen molar-refractivity contribution in [2.45, 2.75) is 20.4 Å². The molecule has 3 rings (SSSR count). The van der Waals surface area contributed by atoms with E-state index in [1.54, 1.807) is 18.3 Å². The van der Waals surface area contributed by atoms with Gasteiger partial charge in [0.15, 0.2) is 0 Å². The van der Waals surface area contributed by atoms with Gasteiger partial charge in [0, 0.05) is 11.8 Å². The minimum atomic E-state index is -0.457. The van der Waals surface area contributed by atoms with Gasteiger partial charge >= 0.3 is 0 Å². The molecular formula is C16H17ClFN5O. The number of aromatic nitrogens is 1. The zero-order valence-electron chi connectivity index (χ0n) is 13.3. The Morgan fingerprint density at radius 3 is 2.83 bits per heavy atom. The number of ether oxygens (including phenoxy) is 1. The maximum atomic E-state index is 13.4. The molecule has 24 heavy (non-hydrogen) atoms. The van der Waals surface area contributed by atoms with Crippen LogP contribution < -0.4 is 15.8 Å². The number of nitrogens with one attached hydrogen (secondary N) is 2. The van der Waals surface area contributed by atoms with Gasteiger partial charge in [-0.3, -0.25) is 5.01 Å². The SMILES string of the molecule is CCOc1ncc(CN2NNN=C2C)cc1-c1ccc(F)c(Cl)c1. The summed E-state index contributed by atoms with van der Waals surface area (Å²) in [7, 11) is 0. The highest BCUT2D eigenvalue weighted by atomic mass is 35.5. The van der Waals surface area contributed by atoms with Gasteiger partial charge in [0.2, 0.25) is 5.88 Å². The van der Waals surface area contributed by atoms with Crippen molar-refractivity contribution < 1.29 is 9.13 Å². The van der Waals surface area contributed by atoms with Crippen LogP contribution in [0, 0.1) is 5.82 Å². The summed E-state index contributed by atoms with van der Waals surface area (Å²) in [4.78, 5) is 4.39. The summed E-state index contributed by atoms with van der Waals surface area (Å²) in [6, 6.07) is 6.52. The van der Waals surface area contributed by atoms with Gasteiger partial charge in [0.05, 0.1) is 18.2 Å². The van der Waals surface area contributed by atoms with Crippen LogP contribution in [0.25, 0.3) is 11.1 Å². The maximum Gasteiger partial charge on any atom is 0.221 e. The smallest absolute Gasteiger partial charge is 0.221 e. The molecule has 8 heteroatoms. The number of halogens is 2. The summed E-state index contributed by atoms with van der Waals surface area (Å²) >= 11 is 5.91. The number of amidine groups is 1. The first-order valence-electron chi connectivity index (χ1n) is 7.48. The van der Waals surface area contributed by atoms with Crippen molar-refractivity contribution in [3.63, 3.8) is 0 Å². The van der Waals surface area contributed by atoms with Crippen molar-refractivity contribution in [1.82, 2.24) is 21.1 Å². The number of benzene rings is 1. The van der Waals surface area contributed by atoms with Crippen molar-refractivity contribution in [2.75, 3.05) is 6.61 Å². The Hall–Kier alpha value is -2.38. The van der Waals surface area contributed by atoms with E-state index in [9.17, 15) is 4.39 Å². The normalized spacial score (nSPS) is 13.7. The lowest BCUT2D eigenvalue weighted by molar-refractivity contribution is 0.285. The number of pyridine rings is 1. The summed E-state index contributed by atoms with van der Waals surface area (Å²) in [6.45, 7) is 4.81. The highest BCUT2D eigenvalue weighted by molar-refractivity contribution is 6.31. The average molecular weight is 350 g/mol. The van der Waals surface area contributed by atoms with Crippen LogP contribution in [0.4, 0.5) is 4.39 Å². The van der Waals surface area contributed by atoms with E-state index in [-0.39, 0.29) is 5.02 Å². The largest absolute Gasteiger partial charge is 0.478 e. The van der Waals surface area contributed by atoms with Crippen LogP contribution in [-0.4, -0.2) is 22.4 Å². The minimum absolute atomic E-state index is 0.0636. The van der Waals surface area contributed by atoms with Crippen molar-refractivity contribution >= 4 is 17.4 Å². The number of rotatable bonds is 5. The Labute approximate surface area is 144 Å². The van der Waals surface area contributed by atoms with Gasteiger partial charge < -0.3 is 4.74 Å². The topological polar surface area (TPSA) is 61.8 Å². The standard InChI is InChI=1S/C16H17ClFN5O/c1-3-24-16-13(12-4-5-15(18)14(17)7-12)6-11(8-19-16)9-23-10(2)20-21-22-23/h4-8,21-22H,3,9H2,1-2H3. The first-order chi connectivity index (χ1) is 11.6. The third-order valence-electron chi connectivity index (χ3n) is 3.55. The van der Waals surface area contributed by atoms with Gasteiger partial charge in [-0.25, -0.2) is 14.9 Å². The molecule has 0 spiro atoms. The Bertz CT molecular complexity index is 783. The van der Waals surface area contributed by atoms with E-state index in [4.69, 9.17) is 16.3 Å². The second-order valence-electron chi connectivity index (χ2n) is 5.23. The minimum Gasteiger partial charge on any atom is -0.478 e. The molecule has 0 saturated carbocycles. The lowest BCUT2D eigenvalue weighted by atomic mass is 10.0. The predicted octanol–water partition coefficient (Wildman–Crippen LogP) is 3.10. The fourth-order valence-electron chi connectivity index (χ4n) is 2.35. The van der Waals surface area contributed by atoms with Gasteiger partial charge in [-0.1, -0.05) is 17.7 Å². The Morgan fingerprint density at radius 2 is 2.17 bits per heavy atom. The fraction of sp³-hybridized carbons (Fsp3) is 0.250. The van der Waals surface area contributed by atoms with Gasteiger partial charge in [0.25, 0.3) is 0 Å². The molecule has 0 aliphatic carbocycles. The molecular weight excluding hydrogens is 333 g/mol. The van der Waals surface area contributed by atoms with E-state index >= 15 is 0 Å². The first kappa shape index (κ1) is 16.5. The molecule has 2 aromatic rings. The zero-order valence-corrected chi connectivity index (χ0v) is 14.1. The Morgan fingerprint density at radius 1 is 1.33 bits per heavy atom. The lowest BCUT2D eigenvalue weighted by Crippen LogP contribution is -2.39.